The van der Waals surface area contributed by atoms with Gasteiger partial charge in [0.05, 0.1) is 23.9 Å². The van der Waals surface area contributed by atoms with Crippen LogP contribution in [0.3, 0.4) is 0 Å². The van der Waals surface area contributed by atoms with Crippen LogP contribution in [0.2, 0.25) is 10.0 Å². The molecule has 1 amide bonds. The molecule has 0 atom stereocenters. The van der Waals surface area contributed by atoms with Gasteiger partial charge < -0.3 is 14.4 Å². The van der Waals surface area contributed by atoms with Crippen LogP contribution in [-0.4, -0.2) is 36.1 Å². The molecule has 5 nitrogen and oxygen atoms in total. The number of amides is 1. The Morgan fingerprint density at radius 2 is 2.11 bits per heavy atom. The second kappa shape index (κ2) is 10.9. The predicted molar refractivity (Wildman–Crippen MR) is 110 cm³/mol. The van der Waals surface area contributed by atoms with Crippen molar-refractivity contribution in [2.24, 2.45) is 5.92 Å². The first-order valence-corrected chi connectivity index (χ1v) is 10.3. The molecular weight excluding hydrogens is 407 g/mol. The molecule has 2 aromatic rings. The summed E-state index contributed by atoms with van der Waals surface area (Å²) in [4.78, 5) is 18.8. The van der Waals surface area contributed by atoms with E-state index in [0.717, 1.165) is 10.7 Å². The van der Waals surface area contributed by atoms with Crippen molar-refractivity contribution in [3.8, 4) is 5.75 Å². The zero-order valence-electron chi connectivity index (χ0n) is 15.7. The minimum Gasteiger partial charge on any atom is -0.485 e. The molecule has 1 aromatic heterocycles. The lowest BCUT2D eigenvalue weighted by atomic mass is 10.1. The van der Waals surface area contributed by atoms with Crippen LogP contribution >= 0.6 is 34.5 Å². The average molecular weight is 431 g/mol. The first-order valence-electron chi connectivity index (χ1n) is 8.67. The average Bonchev–Trinajstić information content (AvgIpc) is 3.06. The lowest BCUT2D eigenvalue weighted by Gasteiger charge is -2.22. The summed E-state index contributed by atoms with van der Waals surface area (Å²) in [5, 5.41) is 3.82. The van der Waals surface area contributed by atoms with Crippen LogP contribution in [0.1, 0.15) is 31.0 Å². The van der Waals surface area contributed by atoms with Gasteiger partial charge in [-0.1, -0.05) is 37.0 Å². The van der Waals surface area contributed by atoms with E-state index in [1.54, 1.807) is 30.2 Å². The number of benzene rings is 1. The molecule has 2 rings (SSSR count). The van der Waals surface area contributed by atoms with Gasteiger partial charge in [0, 0.05) is 36.5 Å². The summed E-state index contributed by atoms with van der Waals surface area (Å²) in [5.41, 5.74) is 0.837. The highest BCUT2D eigenvalue weighted by atomic mass is 35.5. The summed E-state index contributed by atoms with van der Waals surface area (Å²) in [6.07, 6.45) is 0.511. The topological polar surface area (TPSA) is 51.7 Å². The molecule has 0 radical (unpaired) electrons. The number of rotatable bonds is 10. The quantitative estimate of drug-likeness (QED) is 0.528. The minimum absolute atomic E-state index is 0.110. The van der Waals surface area contributed by atoms with Crippen molar-refractivity contribution in [3.63, 3.8) is 0 Å². The Morgan fingerprint density at radius 1 is 1.33 bits per heavy atom. The SMILES string of the molecule is COCCN(Cc1csc(COc2cc(Cl)ccc2Cl)n1)C(=O)CC(C)C. The van der Waals surface area contributed by atoms with Crippen LogP contribution < -0.4 is 4.74 Å². The summed E-state index contributed by atoms with van der Waals surface area (Å²) >= 11 is 13.6. The lowest BCUT2D eigenvalue weighted by Crippen LogP contribution is -2.34. The third-order valence-electron chi connectivity index (χ3n) is 3.70. The van der Waals surface area contributed by atoms with Gasteiger partial charge in [-0.3, -0.25) is 4.79 Å². The Kier molecular flexibility index (Phi) is 8.83. The zero-order valence-corrected chi connectivity index (χ0v) is 18.0. The van der Waals surface area contributed by atoms with Crippen molar-refractivity contribution in [1.82, 2.24) is 9.88 Å². The predicted octanol–water partition coefficient (Wildman–Crippen LogP) is 5.05. The Morgan fingerprint density at radius 3 is 2.81 bits per heavy atom. The summed E-state index contributed by atoms with van der Waals surface area (Å²) < 4.78 is 10.8. The molecule has 0 aliphatic carbocycles. The molecule has 0 unspecified atom stereocenters. The van der Waals surface area contributed by atoms with Crippen molar-refractivity contribution < 1.29 is 14.3 Å². The van der Waals surface area contributed by atoms with Crippen LogP contribution in [0.15, 0.2) is 23.6 Å². The lowest BCUT2D eigenvalue weighted by molar-refractivity contribution is -0.133. The smallest absolute Gasteiger partial charge is 0.223 e. The van der Waals surface area contributed by atoms with Crippen molar-refractivity contribution in [1.29, 1.82) is 0 Å². The van der Waals surface area contributed by atoms with Gasteiger partial charge >= 0.3 is 0 Å². The van der Waals surface area contributed by atoms with Gasteiger partial charge in [0.1, 0.15) is 17.4 Å². The maximum atomic E-state index is 12.4. The number of ether oxygens (including phenoxy) is 2. The minimum atomic E-state index is 0.110. The molecule has 0 spiro atoms. The first-order chi connectivity index (χ1) is 12.9. The maximum Gasteiger partial charge on any atom is 0.223 e. The van der Waals surface area contributed by atoms with Crippen LogP contribution in [0.25, 0.3) is 0 Å². The number of aromatic nitrogens is 1. The van der Waals surface area contributed by atoms with Crippen LogP contribution in [0, 0.1) is 5.92 Å². The molecular formula is C19H24Cl2N2O3S. The van der Waals surface area contributed by atoms with Crippen LogP contribution in [0.4, 0.5) is 0 Å². The largest absolute Gasteiger partial charge is 0.485 e. The second-order valence-corrected chi connectivity index (χ2v) is 8.29. The third kappa shape index (κ3) is 7.30. The van der Waals surface area contributed by atoms with E-state index in [2.05, 4.69) is 4.98 Å². The number of thiazole rings is 1. The number of methoxy groups -OCH3 is 1. The highest BCUT2D eigenvalue weighted by molar-refractivity contribution is 7.09. The van der Waals surface area contributed by atoms with Crippen molar-refractivity contribution in [2.45, 2.75) is 33.4 Å². The van der Waals surface area contributed by atoms with E-state index in [4.69, 9.17) is 32.7 Å². The number of hydrogen-bond donors (Lipinski definition) is 0. The van der Waals surface area contributed by atoms with E-state index < -0.39 is 0 Å². The van der Waals surface area contributed by atoms with Gasteiger partial charge in [0.15, 0.2) is 0 Å². The number of carbonyl (C=O) groups excluding carboxylic acids is 1. The molecule has 0 saturated heterocycles. The van der Waals surface area contributed by atoms with Crippen molar-refractivity contribution in [2.75, 3.05) is 20.3 Å². The van der Waals surface area contributed by atoms with E-state index in [1.165, 1.54) is 11.3 Å². The molecule has 0 fully saturated rings. The number of hydrogen-bond acceptors (Lipinski definition) is 5. The highest BCUT2D eigenvalue weighted by Crippen LogP contribution is 2.28. The monoisotopic (exact) mass is 430 g/mol. The highest BCUT2D eigenvalue weighted by Gasteiger charge is 2.17. The summed E-state index contributed by atoms with van der Waals surface area (Å²) in [6.45, 7) is 5.87. The van der Waals surface area contributed by atoms with Gasteiger partial charge in [-0.15, -0.1) is 11.3 Å². The molecule has 8 heteroatoms. The summed E-state index contributed by atoms with van der Waals surface area (Å²) in [7, 11) is 1.63. The fourth-order valence-electron chi connectivity index (χ4n) is 2.38. The molecule has 1 aromatic carbocycles. The standard InChI is InChI=1S/C19H24Cl2N2O3S/c1-13(2)8-19(24)23(6-7-25-3)10-15-12-27-18(22-15)11-26-17-9-14(20)4-5-16(17)21/h4-5,9,12-13H,6-8,10-11H2,1-3H3. The van der Waals surface area contributed by atoms with Gasteiger partial charge in [0.25, 0.3) is 0 Å². The van der Waals surface area contributed by atoms with Crippen LogP contribution in [0.5, 0.6) is 5.75 Å². The number of halogens is 2. The molecule has 0 aliphatic heterocycles. The second-order valence-electron chi connectivity index (χ2n) is 6.50. The summed E-state index contributed by atoms with van der Waals surface area (Å²) in [6, 6.07) is 5.08. The van der Waals surface area contributed by atoms with Crippen molar-refractivity contribution >= 4 is 40.4 Å². The molecule has 0 N–H and O–H groups in total. The fraction of sp³-hybridized carbons (Fsp3) is 0.474. The number of carbonyl (C=O) groups is 1. The Balaban J connectivity index is 1.97. The molecule has 27 heavy (non-hydrogen) atoms. The first kappa shape index (κ1) is 22.0. The normalized spacial score (nSPS) is 11.0. The summed E-state index contributed by atoms with van der Waals surface area (Å²) in [5.74, 6) is 0.942. The van der Waals surface area contributed by atoms with E-state index in [0.29, 0.717) is 54.4 Å². The molecule has 0 bridgehead atoms. The maximum absolute atomic E-state index is 12.4. The van der Waals surface area contributed by atoms with Crippen LogP contribution in [-0.2, 0) is 22.7 Å². The van der Waals surface area contributed by atoms with Crippen molar-refractivity contribution in [3.05, 3.63) is 44.3 Å². The molecule has 0 saturated carbocycles. The van der Waals surface area contributed by atoms with Gasteiger partial charge in [-0.05, 0) is 18.1 Å². The van der Waals surface area contributed by atoms with Gasteiger partial charge in [-0.25, -0.2) is 4.98 Å². The van der Waals surface area contributed by atoms with E-state index in [9.17, 15) is 4.79 Å². The third-order valence-corrected chi connectivity index (χ3v) is 5.12. The van der Waals surface area contributed by atoms with E-state index in [1.807, 2.05) is 19.2 Å². The Labute approximate surface area is 174 Å². The van der Waals surface area contributed by atoms with Gasteiger partial charge in [-0.2, -0.15) is 0 Å². The fourth-order valence-corrected chi connectivity index (χ4v) is 3.41. The number of nitrogens with zero attached hydrogens (tertiary/aromatic N) is 2. The van der Waals surface area contributed by atoms with E-state index >= 15 is 0 Å². The molecule has 1 heterocycles. The molecule has 148 valence electrons. The Hall–Kier alpha value is -1.34. The zero-order chi connectivity index (χ0) is 19.8. The van der Waals surface area contributed by atoms with Gasteiger partial charge in [0.2, 0.25) is 5.91 Å². The molecule has 0 aliphatic rings. The Bertz CT molecular complexity index is 752. The van der Waals surface area contributed by atoms with E-state index in [-0.39, 0.29) is 5.91 Å².